The number of methoxy groups -OCH3 is 2. The number of hydrogen-bond donors (Lipinski definition) is 1. The first-order valence-corrected chi connectivity index (χ1v) is 8.01. The molecule has 1 atom stereocenters. The van der Waals surface area contributed by atoms with Crippen molar-refractivity contribution in [3.63, 3.8) is 0 Å². The molecular formula is C17H23NO2S. The van der Waals surface area contributed by atoms with Crippen molar-refractivity contribution in [1.29, 1.82) is 0 Å². The zero-order chi connectivity index (χ0) is 15.2. The van der Waals surface area contributed by atoms with E-state index in [1.54, 1.807) is 25.6 Å². The highest BCUT2D eigenvalue weighted by molar-refractivity contribution is 7.10. The molecule has 114 valence electrons. The summed E-state index contributed by atoms with van der Waals surface area (Å²) in [5.41, 5.74) is 1.14. The lowest BCUT2D eigenvalue weighted by atomic mass is 10.0. The van der Waals surface area contributed by atoms with Crippen LogP contribution in [0.3, 0.4) is 0 Å². The van der Waals surface area contributed by atoms with Crippen molar-refractivity contribution in [1.82, 2.24) is 5.32 Å². The second-order valence-electron chi connectivity index (χ2n) is 5.30. The van der Waals surface area contributed by atoms with Crippen LogP contribution in [0.25, 0.3) is 0 Å². The van der Waals surface area contributed by atoms with Gasteiger partial charge in [-0.3, -0.25) is 0 Å². The van der Waals surface area contributed by atoms with E-state index in [0.717, 1.165) is 23.6 Å². The summed E-state index contributed by atoms with van der Waals surface area (Å²) in [4.78, 5) is 1.37. The van der Waals surface area contributed by atoms with E-state index >= 15 is 0 Å². The Bertz CT molecular complexity index is 552. The highest BCUT2D eigenvalue weighted by Crippen LogP contribution is 2.28. The van der Waals surface area contributed by atoms with Gasteiger partial charge < -0.3 is 14.8 Å². The predicted octanol–water partition coefficient (Wildman–Crippen LogP) is 4.25. The van der Waals surface area contributed by atoms with E-state index in [-0.39, 0.29) is 0 Å². The third-order valence-electron chi connectivity index (χ3n) is 3.52. The van der Waals surface area contributed by atoms with Crippen molar-refractivity contribution in [2.24, 2.45) is 5.92 Å². The standard InChI is InChI=1S/C17H23NO2S/c1-12(2)17(16-6-5-9-21-16)18-11-13-7-8-14(19-3)10-15(13)20-4/h5-10,12,17-18H,11H2,1-4H3/t17-/m1/s1. The molecule has 0 bridgehead atoms. The second kappa shape index (κ2) is 7.48. The number of nitrogens with one attached hydrogen (secondary N) is 1. The van der Waals surface area contributed by atoms with Crippen LogP contribution in [-0.4, -0.2) is 14.2 Å². The van der Waals surface area contributed by atoms with Crippen LogP contribution in [0.4, 0.5) is 0 Å². The highest BCUT2D eigenvalue weighted by atomic mass is 32.1. The maximum Gasteiger partial charge on any atom is 0.127 e. The van der Waals surface area contributed by atoms with Crippen molar-refractivity contribution < 1.29 is 9.47 Å². The van der Waals surface area contributed by atoms with Crippen LogP contribution in [0.1, 0.15) is 30.3 Å². The molecule has 21 heavy (non-hydrogen) atoms. The van der Waals surface area contributed by atoms with Crippen LogP contribution < -0.4 is 14.8 Å². The molecule has 1 heterocycles. The first-order valence-electron chi connectivity index (χ1n) is 7.13. The van der Waals surface area contributed by atoms with Gasteiger partial charge in [0.25, 0.3) is 0 Å². The molecule has 0 amide bonds. The van der Waals surface area contributed by atoms with Crippen molar-refractivity contribution in [2.75, 3.05) is 14.2 Å². The number of benzene rings is 1. The van der Waals surface area contributed by atoms with E-state index in [1.165, 1.54) is 4.88 Å². The molecule has 0 aliphatic rings. The molecule has 4 heteroatoms. The summed E-state index contributed by atoms with van der Waals surface area (Å²) in [5.74, 6) is 2.21. The Kier molecular flexibility index (Phi) is 5.65. The lowest BCUT2D eigenvalue weighted by Crippen LogP contribution is -2.24. The van der Waals surface area contributed by atoms with Crippen molar-refractivity contribution >= 4 is 11.3 Å². The Morgan fingerprint density at radius 2 is 1.95 bits per heavy atom. The average molecular weight is 305 g/mol. The van der Waals surface area contributed by atoms with Gasteiger partial charge in [-0.1, -0.05) is 26.0 Å². The van der Waals surface area contributed by atoms with E-state index in [0.29, 0.717) is 12.0 Å². The predicted molar refractivity (Wildman–Crippen MR) is 88.3 cm³/mol. The topological polar surface area (TPSA) is 30.5 Å². The van der Waals surface area contributed by atoms with Gasteiger partial charge in [-0.2, -0.15) is 0 Å². The van der Waals surface area contributed by atoms with Crippen LogP contribution in [0.15, 0.2) is 35.7 Å². The van der Waals surface area contributed by atoms with Gasteiger partial charge in [-0.15, -0.1) is 11.3 Å². The Balaban J connectivity index is 2.11. The molecule has 0 saturated heterocycles. The first kappa shape index (κ1) is 15.9. The van der Waals surface area contributed by atoms with Gasteiger partial charge >= 0.3 is 0 Å². The molecule has 2 aromatic rings. The molecule has 1 N–H and O–H groups in total. The molecular weight excluding hydrogens is 282 g/mol. The number of hydrogen-bond acceptors (Lipinski definition) is 4. The summed E-state index contributed by atoms with van der Waals surface area (Å²) in [6.45, 7) is 5.25. The normalized spacial score (nSPS) is 12.4. The van der Waals surface area contributed by atoms with E-state index in [9.17, 15) is 0 Å². The Labute approximate surface area is 130 Å². The third kappa shape index (κ3) is 3.99. The van der Waals surface area contributed by atoms with Crippen LogP contribution in [0.5, 0.6) is 11.5 Å². The largest absolute Gasteiger partial charge is 0.497 e. The van der Waals surface area contributed by atoms with Gasteiger partial charge in [0.05, 0.1) is 14.2 Å². The summed E-state index contributed by atoms with van der Waals surface area (Å²) >= 11 is 1.80. The Morgan fingerprint density at radius 3 is 2.52 bits per heavy atom. The molecule has 0 radical (unpaired) electrons. The maximum absolute atomic E-state index is 5.45. The molecule has 2 rings (SSSR count). The van der Waals surface area contributed by atoms with Crippen molar-refractivity contribution in [2.45, 2.75) is 26.4 Å². The van der Waals surface area contributed by atoms with Crippen molar-refractivity contribution in [3.05, 3.63) is 46.2 Å². The van der Waals surface area contributed by atoms with Gasteiger partial charge in [0, 0.05) is 29.1 Å². The average Bonchev–Trinajstić information content (AvgIpc) is 3.01. The first-order chi connectivity index (χ1) is 10.2. The number of thiophene rings is 1. The molecule has 0 unspecified atom stereocenters. The van der Waals surface area contributed by atoms with Gasteiger partial charge in [-0.25, -0.2) is 0 Å². The fourth-order valence-electron chi connectivity index (χ4n) is 2.35. The molecule has 1 aromatic heterocycles. The summed E-state index contributed by atoms with van der Waals surface area (Å²) in [7, 11) is 3.36. The molecule has 0 aliphatic carbocycles. The number of ether oxygens (including phenoxy) is 2. The highest BCUT2D eigenvalue weighted by Gasteiger charge is 2.17. The maximum atomic E-state index is 5.45. The molecule has 1 aromatic carbocycles. The zero-order valence-electron chi connectivity index (χ0n) is 13.1. The lowest BCUT2D eigenvalue weighted by Gasteiger charge is -2.22. The van der Waals surface area contributed by atoms with Gasteiger partial charge in [0.1, 0.15) is 11.5 Å². The second-order valence-corrected chi connectivity index (χ2v) is 6.28. The van der Waals surface area contributed by atoms with Gasteiger partial charge in [-0.05, 0) is 23.4 Å². The van der Waals surface area contributed by atoms with E-state index in [4.69, 9.17) is 9.47 Å². The SMILES string of the molecule is COc1ccc(CN[C@@H](c2cccs2)C(C)C)c(OC)c1. The van der Waals surface area contributed by atoms with E-state index in [2.05, 4.69) is 42.7 Å². The van der Waals surface area contributed by atoms with Gasteiger partial charge in [0.15, 0.2) is 0 Å². The summed E-state index contributed by atoms with van der Waals surface area (Å²) in [5, 5.41) is 5.77. The van der Waals surface area contributed by atoms with Crippen LogP contribution in [0, 0.1) is 5.92 Å². The fourth-order valence-corrected chi connectivity index (χ4v) is 3.32. The summed E-state index contributed by atoms with van der Waals surface area (Å²) < 4.78 is 10.7. The van der Waals surface area contributed by atoms with E-state index in [1.807, 2.05) is 12.1 Å². The minimum Gasteiger partial charge on any atom is -0.497 e. The lowest BCUT2D eigenvalue weighted by molar-refractivity contribution is 0.381. The molecule has 3 nitrogen and oxygen atoms in total. The summed E-state index contributed by atoms with van der Waals surface area (Å²) in [6, 6.07) is 10.6. The van der Waals surface area contributed by atoms with Crippen LogP contribution in [0.2, 0.25) is 0 Å². The minimum atomic E-state index is 0.358. The minimum absolute atomic E-state index is 0.358. The fraction of sp³-hybridized carbons (Fsp3) is 0.412. The molecule has 0 spiro atoms. The monoisotopic (exact) mass is 305 g/mol. The van der Waals surface area contributed by atoms with Crippen LogP contribution >= 0.6 is 11.3 Å². The smallest absolute Gasteiger partial charge is 0.127 e. The van der Waals surface area contributed by atoms with Crippen LogP contribution in [-0.2, 0) is 6.54 Å². The number of rotatable bonds is 7. The van der Waals surface area contributed by atoms with E-state index < -0.39 is 0 Å². The third-order valence-corrected chi connectivity index (χ3v) is 4.48. The Morgan fingerprint density at radius 1 is 1.14 bits per heavy atom. The van der Waals surface area contributed by atoms with Gasteiger partial charge in [0.2, 0.25) is 0 Å². The molecule has 0 fully saturated rings. The quantitative estimate of drug-likeness (QED) is 0.829. The zero-order valence-corrected chi connectivity index (χ0v) is 13.9. The summed E-state index contributed by atoms with van der Waals surface area (Å²) in [6.07, 6.45) is 0. The Hall–Kier alpha value is -1.52. The molecule has 0 saturated carbocycles. The van der Waals surface area contributed by atoms with Crippen molar-refractivity contribution in [3.8, 4) is 11.5 Å². The molecule has 0 aliphatic heterocycles.